The van der Waals surface area contributed by atoms with E-state index in [0.29, 0.717) is 12.8 Å². The summed E-state index contributed by atoms with van der Waals surface area (Å²) >= 11 is 0. The Balaban J connectivity index is 1.93. The van der Waals surface area contributed by atoms with E-state index in [9.17, 15) is 19.4 Å². The number of ether oxygens (including phenoxy) is 2. The molecule has 28 heavy (non-hydrogen) atoms. The van der Waals surface area contributed by atoms with Crippen LogP contribution in [0.1, 0.15) is 52.4 Å². The molecule has 160 valence electrons. The molecule has 6 heteroatoms. The summed E-state index contributed by atoms with van der Waals surface area (Å²) in [7, 11) is 1.34. The van der Waals surface area contributed by atoms with E-state index < -0.39 is 30.4 Å². The van der Waals surface area contributed by atoms with Crippen molar-refractivity contribution in [3.63, 3.8) is 0 Å². The Labute approximate surface area is 167 Å². The van der Waals surface area contributed by atoms with Gasteiger partial charge in [-0.1, -0.05) is 51.0 Å². The summed E-state index contributed by atoms with van der Waals surface area (Å²) in [5.74, 6) is -0.941. The molecule has 0 bridgehead atoms. The first-order valence-electron chi connectivity index (χ1n) is 10.5. The van der Waals surface area contributed by atoms with Crippen LogP contribution in [0.25, 0.3) is 0 Å². The van der Waals surface area contributed by atoms with Crippen LogP contribution in [0.15, 0.2) is 24.3 Å². The van der Waals surface area contributed by atoms with Gasteiger partial charge in [0.2, 0.25) is 0 Å². The highest BCUT2D eigenvalue weighted by molar-refractivity contribution is 5.69. The number of carbonyl (C=O) groups excluding carboxylic acids is 1. The van der Waals surface area contributed by atoms with Gasteiger partial charge >= 0.3 is 5.97 Å². The zero-order chi connectivity index (χ0) is 20.7. The second-order valence-electron chi connectivity index (χ2n) is 8.08. The van der Waals surface area contributed by atoms with Gasteiger partial charge in [-0.25, -0.2) is 4.39 Å². The summed E-state index contributed by atoms with van der Waals surface area (Å²) in [6.45, 7) is 4.12. The van der Waals surface area contributed by atoms with Crippen LogP contribution in [0.2, 0.25) is 0 Å². The van der Waals surface area contributed by atoms with Gasteiger partial charge in [0.1, 0.15) is 12.3 Å². The predicted octanol–water partition coefficient (Wildman–Crippen LogP) is 3.34. The molecule has 0 spiro atoms. The monoisotopic (exact) mass is 398 g/mol. The highest BCUT2D eigenvalue weighted by Crippen LogP contribution is 2.46. The van der Waals surface area contributed by atoms with E-state index >= 15 is 0 Å². The number of aliphatic hydroxyl groups is 2. The van der Waals surface area contributed by atoms with Gasteiger partial charge in [0.05, 0.1) is 25.4 Å². The Morgan fingerprint density at radius 2 is 2.14 bits per heavy atom. The van der Waals surface area contributed by atoms with Crippen molar-refractivity contribution in [1.29, 1.82) is 0 Å². The highest BCUT2D eigenvalue weighted by atomic mass is 19.1. The van der Waals surface area contributed by atoms with E-state index in [1.807, 2.05) is 6.92 Å². The van der Waals surface area contributed by atoms with Crippen LogP contribution in [0.5, 0.6) is 0 Å². The van der Waals surface area contributed by atoms with E-state index in [1.165, 1.54) is 7.11 Å². The SMILES string of the molecule is CCCCC(C)[C@@H](O)C=C[C@@H]1[C@H]2[C@H](F)[C@@H](C=CCCC(=O)OC)O[C@@H]2C[C@H]1O. The quantitative estimate of drug-likeness (QED) is 0.436. The summed E-state index contributed by atoms with van der Waals surface area (Å²) in [5, 5.41) is 20.7. The minimum absolute atomic E-state index is 0.136. The lowest BCUT2D eigenvalue weighted by Gasteiger charge is -2.21. The summed E-state index contributed by atoms with van der Waals surface area (Å²) in [6, 6.07) is 0. The van der Waals surface area contributed by atoms with Crippen molar-refractivity contribution in [1.82, 2.24) is 0 Å². The first-order valence-corrected chi connectivity index (χ1v) is 10.5. The maximum absolute atomic E-state index is 15.0. The molecule has 1 aliphatic heterocycles. The van der Waals surface area contributed by atoms with Gasteiger partial charge in [-0.15, -0.1) is 0 Å². The van der Waals surface area contributed by atoms with Crippen LogP contribution in [0.4, 0.5) is 4.39 Å². The third-order valence-electron chi connectivity index (χ3n) is 6.00. The molecule has 0 amide bonds. The topological polar surface area (TPSA) is 76.0 Å². The number of allylic oxidation sites excluding steroid dienone is 1. The number of fused-ring (bicyclic) bond motifs is 1. The molecule has 2 fully saturated rings. The molecule has 0 radical (unpaired) electrons. The molecule has 8 atom stereocenters. The lowest BCUT2D eigenvalue weighted by Crippen LogP contribution is -2.28. The van der Waals surface area contributed by atoms with Crippen LogP contribution in [-0.4, -0.2) is 53.9 Å². The number of rotatable bonds is 10. The molecule has 5 nitrogen and oxygen atoms in total. The number of unbranched alkanes of at least 4 members (excludes halogenated alkanes) is 1. The first kappa shape index (κ1) is 23.0. The summed E-state index contributed by atoms with van der Waals surface area (Å²) < 4.78 is 25.4. The Morgan fingerprint density at radius 1 is 1.39 bits per heavy atom. The van der Waals surface area contributed by atoms with Gasteiger partial charge in [0, 0.05) is 24.7 Å². The van der Waals surface area contributed by atoms with Crippen LogP contribution >= 0.6 is 0 Å². The number of alkyl halides is 1. The molecule has 1 saturated heterocycles. The van der Waals surface area contributed by atoms with Crippen molar-refractivity contribution in [2.75, 3.05) is 7.11 Å². The molecule has 1 heterocycles. The number of methoxy groups -OCH3 is 1. The molecular weight excluding hydrogens is 363 g/mol. The molecule has 1 unspecified atom stereocenters. The average Bonchev–Trinajstić information content (AvgIpc) is 3.15. The molecular formula is C22H35FO5. The van der Waals surface area contributed by atoms with Crippen molar-refractivity contribution in [2.24, 2.45) is 17.8 Å². The zero-order valence-electron chi connectivity index (χ0n) is 17.2. The van der Waals surface area contributed by atoms with Crippen molar-refractivity contribution >= 4 is 5.97 Å². The smallest absolute Gasteiger partial charge is 0.305 e. The Bertz CT molecular complexity index is 549. The van der Waals surface area contributed by atoms with Crippen molar-refractivity contribution in [3.05, 3.63) is 24.3 Å². The molecule has 1 saturated carbocycles. The second-order valence-corrected chi connectivity index (χ2v) is 8.08. The number of carbonyl (C=O) groups is 1. The first-order chi connectivity index (χ1) is 13.4. The Hall–Kier alpha value is -1.24. The fourth-order valence-corrected chi connectivity index (χ4v) is 4.19. The molecule has 1 aliphatic carbocycles. The van der Waals surface area contributed by atoms with Gasteiger partial charge in [-0.3, -0.25) is 4.79 Å². The number of esters is 1. The van der Waals surface area contributed by atoms with E-state index in [-0.39, 0.29) is 30.3 Å². The minimum Gasteiger partial charge on any atom is -0.469 e. The third kappa shape index (κ3) is 5.88. The van der Waals surface area contributed by atoms with E-state index in [1.54, 1.807) is 24.3 Å². The van der Waals surface area contributed by atoms with E-state index in [4.69, 9.17) is 4.74 Å². The number of hydrogen-bond donors (Lipinski definition) is 2. The maximum atomic E-state index is 15.0. The van der Waals surface area contributed by atoms with Gasteiger partial charge in [-0.05, 0) is 18.8 Å². The van der Waals surface area contributed by atoms with Gasteiger partial charge in [0.15, 0.2) is 0 Å². The van der Waals surface area contributed by atoms with Crippen LogP contribution in [0, 0.1) is 17.8 Å². The van der Waals surface area contributed by atoms with Crippen LogP contribution in [0.3, 0.4) is 0 Å². The summed E-state index contributed by atoms with van der Waals surface area (Å²) in [5.41, 5.74) is 0. The number of hydrogen-bond acceptors (Lipinski definition) is 5. The molecule has 2 N–H and O–H groups in total. The molecule has 0 aromatic rings. The van der Waals surface area contributed by atoms with Crippen molar-refractivity contribution in [2.45, 2.75) is 83.0 Å². The molecule has 2 aliphatic rings. The lowest BCUT2D eigenvalue weighted by atomic mass is 9.87. The largest absolute Gasteiger partial charge is 0.469 e. The van der Waals surface area contributed by atoms with Gasteiger partial charge < -0.3 is 19.7 Å². The van der Waals surface area contributed by atoms with Crippen LogP contribution in [-0.2, 0) is 14.3 Å². The third-order valence-corrected chi connectivity index (χ3v) is 6.00. The molecule has 0 aromatic heterocycles. The fourth-order valence-electron chi connectivity index (χ4n) is 4.19. The second kappa shape index (κ2) is 11.1. The summed E-state index contributed by atoms with van der Waals surface area (Å²) in [6.07, 6.45) is 7.65. The maximum Gasteiger partial charge on any atom is 0.305 e. The highest BCUT2D eigenvalue weighted by Gasteiger charge is 2.54. The number of halogens is 1. The van der Waals surface area contributed by atoms with Crippen molar-refractivity contribution < 1.29 is 28.9 Å². The molecule has 0 aromatic carbocycles. The zero-order valence-corrected chi connectivity index (χ0v) is 17.2. The normalized spacial score (nSPS) is 34.8. The van der Waals surface area contributed by atoms with Gasteiger partial charge in [0.25, 0.3) is 0 Å². The standard InChI is InChI=1S/C22H35FO5/c1-4-5-8-14(2)16(24)12-11-15-17(25)13-19-21(15)22(23)18(28-19)9-6-7-10-20(26)27-3/h6,9,11-12,14-19,21-22,24-25H,4-5,7-8,10,13H2,1-3H3/t14?,15-,16-,17+,18+,19+,21+,22+/m0/s1. The van der Waals surface area contributed by atoms with E-state index in [2.05, 4.69) is 11.7 Å². The Kier molecular flexibility index (Phi) is 9.12. The molecule has 2 rings (SSSR count). The van der Waals surface area contributed by atoms with Crippen molar-refractivity contribution in [3.8, 4) is 0 Å². The minimum atomic E-state index is -1.22. The van der Waals surface area contributed by atoms with Gasteiger partial charge in [-0.2, -0.15) is 0 Å². The fraction of sp³-hybridized carbons (Fsp3) is 0.773. The van der Waals surface area contributed by atoms with E-state index in [0.717, 1.165) is 19.3 Å². The number of aliphatic hydroxyl groups excluding tert-OH is 2. The Morgan fingerprint density at radius 3 is 2.82 bits per heavy atom. The lowest BCUT2D eigenvalue weighted by molar-refractivity contribution is -0.140. The summed E-state index contributed by atoms with van der Waals surface area (Å²) in [4.78, 5) is 11.1. The predicted molar refractivity (Wildman–Crippen MR) is 105 cm³/mol. The van der Waals surface area contributed by atoms with Crippen LogP contribution < -0.4 is 0 Å². The average molecular weight is 399 g/mol.